The molecular formula is C16H30IN5S. The Balaban J connectivity index is 0.00000264. The highest BCUT2D eigenvalue weighted by atomic mass is 127. The van der Waals surface area contributed by atoms with Crippen LogP contribution in [-0.2, 0) is 13.5 Å². The zero-order chi connectivity index (χ0) is 15.8. The van der Waals surface area contributed by atoms with Gasteiger partial charge in [0.05, 0.1) is 6.20 Å². The smallest absolute Gasteiger partial charge is 0.193 e. The van der Waals surface area contributed by atoms with Gasteiger partial charge in [0.15, 0.2) is 5.96 Å². The van der Waals surface area contributed by atoms with E-state index < -0.39 is 0 Å². The normalized spacial score (nSPS) is 18.7. The molecule has 1 aromatic heterocycles. The fourth-order valence-electron chi connectivity index (χ4n) is 2.65. The molecule has 1 atom stereocenters. The summed E-state index contributed by atoms with van der Waals surface area (Å²) in [4.78, 5) is 7.25. The molecule has 132 valence electrons. The van der Waals surface area contributed by atoms with E-state index in [1.165, 1.54) is 17.7 Å². The fraction of sp³-hybridized carbons (Fsp3) is 0.750. The Morgan fingerprint density at radius 3 is 2.96 bits per heavy atom. The average Bonchev–Trinajstić information content (AvgIpc) is 2.96. The van der Waals surface area contributed by atoms with E-state index in [4.69, 9.17) is 4.99 Å². The minimum Gasteiger partial charge on any atom is -0.357 e. The Morgan fingerprint density at radius 1 is 1.48 bits per heavy atom. The van der Waals surface area contributed by atoms with Gasteiger partial charge < -0.3 is 10.2 Å². The number of aryl methyl sites for hydroxylation is 2. The van der Waals surface area contributed by atoms with Crippen molar-refractivity contribution in [2.45, 2.75) is 38.4 Å². The van der Waals surface area contributed by atoms with E-state index in [1.54, 1.807) is 0 Å². The van der Waals surface area contributed by atoms with Crippen molar-refractivity contribution < 1.29 is 0 Å². The van der Waals surface area contributed by atoms with Crippen molar-refractivity contribution >= 4 is 41.7 Å². The average molecular weight is 451 g/mol. The Hall–Kier alpha value is -0.440. The van der Waals surface area contributed by atoms with Gasteiger partial charge in [0, 0.05) is 50.4 Å². The van der Waals surface area contributed by atoms with Crippen molar-refractivity contribution in [3.8, 4) is 0 Å². The number of guanidine groups is 1. The predicted molar refractivity (Wildman–Crippen MR) is 111 cm³/mol. The summed E-state index contributed by atoms with van der Waals surface area (Å²) in [7, 11) is 1.96. The molecule has 0 saturated carbocycles. The van der Waals surface area contributed by atoms with Gasteiger partial charge in [-0.25, -0.2) is 0 Å². The van der Waals surface area contributed by atoms with Crippen LogP contribution in [0.1, 0.15) is 32.3 Å². The minimum absolute atomic E-state index is 0. The first-order valence-electron chi connectivity index (χ1n) is 8.35. The predicted octanol–water partition coefficient (Wildman–Crippen LogP) is 2.76. The van der Waals surface area contributed by atoms with E-state index in [2.05, 4.69) is 47.1 Å². The molecule has 7 heteroatoms. The Labute approximate surface area is 161 Å². The SMILES string of the molecule is CCNC(=NCCCc1cnn(C)c1)N1CCSC(CC)C1.I. The van der Waals surface area contributed by atoms with E-state index in [0.717, 1.165) is 50.2 Å². The molecule has 1 aliphatic rings. The third kappa shape index (κ3) is 6.91. The molecule has 2 rings (SSSR count). The van der Waals surface area contributed by atoms with Gasteiger partial charge in [0.2, 0.25) is 0 Å². The van der Waals surface area contributed by atoms with Gasteiger partial charge in [-0.2, -0.15) is 16.9 Å². The largest absolute Gasteiger partial charge is 0.357 e. The fourth-order valence-corrected chi connectivity index (χ4v) is 3.83. The van der Waals surface area contributed by atoms with E-state index in [1.807, 2.05) is 17.9 Å². The summed E-state index contributed by atoms with van der Waals surface area (Å²) in [6.45, 7) is 8.45. The molecule has 0 aliphatic carbocycles. The second-order valence-electron chi connectivity index (χ2n) is 5.71. The number of nitrogens with zero attached hydrogens (tertiary/aromatic N) is 4. The van der Waals surface area contributed by atoms with Crippen LogP contribution in [0, 0.1) is 0 Å². The molecule has 23 heavy (non-hydrogen) atoms. The van der Waals surface area contributed by atoms with Crippen LogP contribution in [0.4, 0.5) is 0 Å². The summed E-state index contributed by atoms with van der Waals surface area (Å²) in [6, 6.07) is 0. The van der Waals surface area contributed by atoms with Crippen LogP contribution >= 0.6 is 35.7 Å². The Kier molecular flexibility index (Phi) is 10.0. The lowest BCUT2D eigenvalue weighted by atomic mass is 10.2. The molecule has 2 heterocycles. The second kappa shape index (κ2) is 11.2. The van der Waals surface area contributed by atoms with E-state index in [0.29, 0.717) is 0 Å². The molecule has 1 aromatic rings. The first-order valence-corrected chi connectivity index (χ1v) is 9.40. The molecule has 1 saturated heterocycles. The zero-order valence-corrected chi connectivity index (χ0v) is 17.6. The molecule has 0 radical (unpaired) electrons. The minimum atomic E-state index is 0. The summed E-state index contributed by atoms with van der Waals surface area (Å²) < 4.78 is 1.86. The number of nitrogens with one attached hydrogen (secondary N) is 1. The summed E-state index contributed by atoms with van der Waals surface area (Å²) >= 11 is 2.10. The number of aromatic nitrogens is 2. The van der Waals surface area contributed by atoms with Crippen LogP contribution in [0.25, 0.3) is 0 Å². The third-order valence-corrected chi connectivity index (χ3v) is 5.24. The van der Waals surface area contributed by atoms with Gasteiger partial charge in [-0.1, -0.05) is 6.92 Å². The van der Waals surface area contributed by atoms with Gasteiger partial charge >= 0.3 is 0 Å². The first-order chi connectivity index (χ1) is 10.7. The van der Waals surface area contributed by atoms with Crippen molar-refractivity contribution in [1.29, 1.82) is 0 Å². The highest BCUT2D eigenvalue weighted by Crippen LogP contribution is 2.21. The monoisotopic (exact) mass is 451 g/mol. The van der Waals surface area contributed by atoms with Crippen LogP contribution in [-0.4, -0.2) is 57.8 Å². The van der Waals surface area contributed by atoms with Gasteiger partial charge in [-0.05, 0) is 31.7 Å². The molecule has 0 aromatic carbocycles. The van der Waals surface area contributed by atoms with Gasteiger partial charge in [0.25, 0.3) is 0 Å². The maximum absolute atomic E-state index is 4.82. The van der Waals surface area contributed by atoms with E-state index in [9.17, 15) is 0 Å². The topological polar surface area (TPSA) is 45.5 Å². The number of halogens is 1. The van der Waals surface area contributed by atoms with Crippen LogP contribution in [0.3, 0.4) is 0 Å². The molecule has 1 N–H and O–H groups in total. The first kappa shape index (κ1) is 20.6. The van der Waals surface area contributed by atoms with Gasteiger partial charge in [0.1, 0.15) is 0 Å². The summed E-state index contributed by atoms with van der Waals surface area (Å²) in [5.41, 5.74) is 1.29. The van der Waals surface area contributed by atoms with Crippen molar-refractivity contribution in [3.05, 3.63) is 18.0 Å². The zero-order valence-electron chi connectivity index (χ0n) is 14.5. The van der Waals surface area contributed by atoms with Crippen molar-refractivity contribution in [3.63, 3.8) is 0 Å². The molecule has 1 aliphatic heterocycles. The summed E-state index contributed by atoms with van der Waals surface area (Å²) in [6.07, 6.45) is 7.39. The highest BCUT2D eigenvalue weighted by molar-refractivity contribution is 14.0. The molecule has 5 nitrogen and oxygen atoms in total. The van der Waals surface area contributed by atoms with Gasteiger partial charge in [-0.15, -0.1) is 24.0 Å². The third-order valence-electron chi connectivity index (χ3n) is 3.87. The maximum Gasteiger partial charge on any atom is 0.193 e. The molecule has 1 unspecified atom stereocenters. The number of aliphatic imine (C=N–C) groups is 1. The summed E-state index contributed by atoms with van der Waals surface area (Å²) in [5.74, 6) is 2.30. The Bertz CT molecular complexity index is 477. The van der Waals surface area contributed by atoms with E-state index in [-0.39, 0.29) is 24.0 Å². The molecule has 0 amide bonds. The quantitative estimate of drug-likeness (QED) is 0.313. The maximum atomic E-state index is 4.82. The number of hydrogen-bond donors (Lipinski definition) is 1. The highest BCUT2D eigenvalue weighted by Gasteiger charge is 2.21. The lowest BCUT2D eigenvalue weighted by Gasteiger charge is -2.34. The standard InChI is InChI=1S/C16H29N5S.HI/c1-4-15-13-21(9-10-22-15)16(17-5-2)18-8-6-7-14-11-19-20(3)12-14;/h11-12,15H,4-10,13H2,1-3H3,(H,17,18);1H. The van der Waals surface area contributed by atoms with Gasteiger partial charge in [-0.3, -0.25) is 9.67 Å². The Morgan fingerprint density at radius 2 is 2.30 bits per heavy atom. The lowest BCUT2D eigenvalue weighted by molar-refractivity contribution is 0.408. The number of thioether (sulfide) groups is 1. The molecule has 1 fully saturated rings. The number of rotatable bonds is 6. The summed E-state index contributed by atoms with van der Waals surface area (Å²) in [5, 5.41) is 8.40. The number of hydrogen-bond acceptors (Lipinski definition) is 3. The van der Waals surface area contributed by atoms with E-state index >= 15 is 0 Å². The molecular weight excluding hydrogens is 421 g/mol. The molecule has 0 bridgehead atoms. The molecule has 0 spiro atoms. The lowest BCUT2D eigenvalue weighted by Crippen LogP contribution is -2.48. The second-order valence-corrected chi connectivity index (χ2v) is 7.12. The van der Waals surface area contributed by atoms with Crippen molar-refractivity contribution in [2.24, 2.45) is 12.0 Å². The van der Waals surface area contributed by atoms with Crippen LogP contribution in [0.15, 0.2) is 17.4 Å². The van der Waals surface area contributed by atoms with Crippen molar-refractivity contribution in [1.82, 2.24) is 20.0 Å². The van der Waals surface area contributed by atoms with Crippen LogP contribution < -0.4 is 5.32 Å². The van der Waals surface area contributed by atoms with Crippen LogP contribution in [0.5, 0.6) is 0 Å². The van der Waals surface area contributed by atoms with Crippen LogP contribution in [0.2, 0.25) is 0 Å². The van der Waals surface area contributed by atoms with Crippen molar-refractivity contribution in [2.75, 3.05) is 31.9 Å².